The Morgan fingerprint density at radius 1 is 1.32 bits per heavy atom. The number of halogens is 1. The van der Waals surface area contributed by atoms with E-state index in [2.05, 4.69) is 15.6 Å². The fourth-order valence-corrected chi connectivity index (χ4v) is 2.09. The Bertz CT molecular complexity index is 673. The van der Waals surface area contributed by atoms with Crippen LogP contribution in [-0.2, 0) is 0 Å². The lowest BCUT2D eigenvalue weighted by molar-refractivity contribution is 0.0934. The van der Waals surface area contributed by atoms with Crippen LogP contribution in [0.5, 0.6) is 0 Å². The van der Waals surface area contributed by atoms with E-state index in [4.69, 9.17) is 11.6 Å². The zero-order valence-corrected chi connectivity index (χ0v) is 13.7. The fraction of sp³-hybridized carbons (Fsp3) is 0.294. The summed E-state index contributed by atoms with van der Waals surface area (Å²) in [6, 6.07) is 9.33. The third-order valence-corrected chi connectivity index (χ3v) is 3.70. The van der Waals surface area contributed by atoms with Gasteiger partial charge in [0.2, 0.25) is 0 Å². The van der Waals surface area contributed by atoms with Crippen LogP contribution < -0.4 is 10.6 Å². The van der Waals surface area contributed by atoms with E-state index in [1.807, 2.05) is 45.0 Å². The fourth-order valence-electron chi connectivity index (χ4n) is 1.92. The van der Waals surface area contributed by atoms with Crippen molar-refractivity contribution in [2.75, 3.05) is 5.32 Å². The number of aryl methyl sites for hydroxylation is 1. The third-order valence-electron chi connectivity index (χ3n) is 3.46. The van der Waals surface area contributed by atoms with Gasteiger partial charge in [0.15, 0.2) is 0 Å². The molecule has 5 heteroatoms. The highest BCUT2D eigenvalue weighted by atomic mass is 35.5. The van der Waals surface area contributed by atoms with Crippen molar-refractivity contribution in [2.45, 2.75) is 33.2 Å². The minimum absolute atomic E-state index is 0.126. The molecule has 1 aromatic carbocycles. The monoisotopic (exact) mass is 317 g/mol. The highest BCUT2D eigenvalue weighted by molar-refractivity contribution is 6.30. The molecule has 0 saturated carbocycles. The van der Waals surface area contributed by atoms with Gasteiger partial charge in [0.25, 0.3) is 5.91 Å². The highest BCUT2D eigenvalue weighted by Crippen LogP contribution is 2.24. The van der Waals surface area contributed by atoms with E-state index in [9.17, 15) is 4.79 Å². The molecule has 0 aliphatic rings. The molecule has 4 nitrogen and oxygen atoms in total. The minimum Gasteiger partial charge on any atom is -0.355 e. The first-order valence-corrected chi connectivity index (χ1v) is 7.67. The van der Waals surface area contributed by atoms with Crippen molar-refractivity contribution in [1.82, 2.24) is 10.3 Å². The predicted octanol–water partition coefficient (Wildman–Crippen LogP) is 4.32. The Balaban J connectivity index is 2.18. The number of anilines is 2. The van der Waals surface area contributed by atoms with E-state index >= 15 is 0 Å². The van der Waals surface area contributed by atoms with Crippen molar-refractivity contribution in [3.8, 4) is 0 Å². The normalized spacial score (nSPS) is 11.8. The van der Waals surface area contributed by atoms with Gasteiger partial charge in [-0.3, -0.25) is 9.78 Å². The van der Waals surface area contributed by atoms with Gasteiger partial charge >= 0.3 is 0 Å². The summed E-state index contributed by atoms with van der Waals surface area (Å²) in [5.74, 6) is -0.166. The number of carbonyl (C=O) groups excluding carboxylic acids is 1. The van der Waals surface area contributed by atoms with Crippen LogP contribution in [0.2, 0.25) is 5.02 Å². The van der Waals surface area contributed by atoms with Gasteiger partial charge in [-0.25, -0.2) is 0 Å². The van der Waals surface area contributed by atoms with Crippen molar-refractivity contribution in [3.05, 3.63) is 52.8 Å². The minimum atomic E-state index is -0.166. The molecular weight excluding hydrogens is 298 g/mol. The first-order valence-electron chi connectivity index (χ1n) is 7.29. The van der Waals surface area contributed by atoms with E-state index in [0.29, 0.717) is 10.7 Å². The molecule has 22 heavy (non-hydrogen) atoms. The average molecular weight is 318 g/mol. The summed E-state index contributed by atoms with van der Waals surface area (Å²) in [6.45, 7) is 5.99. The molecule has 0 aliphatic heterocycles. The van der Waals surface area contributed by atoms with Gasteiger partial charge in [-0.05, 0) is 50.1 Å². The Labute approximate surface area is 135 Å². The topological polar surface area (TPSA) is 54.0 Å². The van der Waals surface area contributed by atoms with E-state index < -0.39 is 0 Å². The third kappa shape index (κ3) is 4.21. The van der Waals surface area contributed by atoms with E-state index in [-0.39, 0.29) is 11.9 Å². The number of nitrogens with zero attached hydrogens (tertiary/aromatic N) is 1. The van der Waals surface area contributed by atoms with E-state index in [1.54, 1.807) is 12.3 Å². The summed E-state index contributed by atoms with van der Waals surface area (Å²) >= 11 is 6.02. The standard InChI is InChI=1S/C17H20ClN3O/c1-4-12(3)20-17(22)16-10-14(7-8-19-16)21-15-9-13(18)6-5-11(15)2/h5-10,12H,4H2,1-3H3,(H,19,21)(H,20,22). The lowest BCUT2D eigenvalue weighted by atomic mass is 10.2. The van der Waals surface area contributed by atoms with E-state index in [0.717, 1.165) is 23.4 Å². The van der Waals surface area contributed by atoms with Crippen molar-refractivity contribution in [1.29, 1.82) is 0 Å². The molecule has 0 spiro atoms. The Morgan fingerprint density at radius 2 is 2.09 bits per heavy atom. The second-order valence-electron chi connectivity index (χ2n) is 5.30. The van der Waals surface area contributed by atoms with Gasteiger partial charge in [-0.1, -0.05) is 24.6 Å². The van der Waals surface area contributed by atoms with Crippen molar-refractivity contribution in [3.63, 3.8) is 0 Å². The zero-order chi connectivity index (χ0) is 16.1. The smallest absolute Gasteiger partial charge is 0.270 e. The SMILES string of the molecule is CCC(C)NC(=O)c1cc(Nc2cc(Cl)ccc2C)ccn1. The van der Waals surface area contributed by atoms with Crippen LogP contribution >= 0.6 is 11.6 Å². The van der Waals surface area contributed by atoms with Gasteiger partial charge in [0.1, 0.15) is 5.69 Å². The number of nitrogens with one attached hydrogen (secondary N) is 2. The highest BCUT2D eigenvalue weighted by Gasteiger charge is 2.10. The van der Waals surface area contributed by atoms with Crippen LogP contribution in [0.25, 0.3) is 0 Å². The number of benzene rings is 1. The first-order chi connectivity index (χ1) is 10.5. The maximum absolute atomic E-state index is 12.1. The maximum atomic E-state index is 12.1. The second kappa shape index (κ2) is 7.27. The molecule has 1 atom stereocenters. The maximum Gasteiger partial charge on any atom is 0.270 e. The van der Waals surface area contributed by atoms with Crippen molar-refractivity contribution < 1.29 is 4.79 Å². The number of amides is 1. The summed E-state index contributed by atoms with van der Waals surface area (Å²) in [4.78, 5) is 16.2. The number of aromatic nitrogens is 1. The molecule has 0 aliphatic carbocycles. The van der Waals surface area contributed by atoms with E-state index in [1.165, 1.54) is 0 Å². The summed E-state index contributed by atoms with van der Waals surface area (Å²) in [7, 11) is 0. The number of hydrogen-bond donors (Lipinski definition) is 2. The van der Waals surface area contributed by atoms with Crippen LogP contribution in [-0.4, -0.2) is 16.9 Å². The zero-order valence-electron chi connectivity index (χ0n) is 13.0. The lowest BCUT2D eigenvalue weighted by Gasteiger charge is -2.13. The molecule has 1 heterocycles. The lowest BCUT2D eigenvalue weighted by Crippen LogP contribution is -2.32. The van der Waals surface area contributed by atoms with Gasteiger partial charge in [-0.2, -0.15) is 0 Å². The molecule has 0 fully saturated rings. The van der Waals surface area contributed by atoms with Gasteiger partial charge < -0.3 is 10.6 Å². The number of hydrogen-bond acceptors (Lipinski definition) is 3. The molecule has 0 radical (unpaired) electrons. The molecule has 2 N–H and O–H groups in total. The van der Waals surface area contributed by atoms with Crippen LogP contribution in [0.4, 0.5) is 11.4 Å². The van der Waals surface area contributed by atoms with Crippen LogP contribution in [0.1, 0.15) is 36.3 Å². The number of rotatable bonds is 5. The first kappa shape index (κ1) is 16.3. The molecule has 116 valence electrons. The van der Waals surface area contributed by atoms with Crippen molar-refractivity contribution in [2.24, 2.45) is 0 Å². The number of carbonyl (C=O) groups is 1. The second-order valence-corrected chi connectivity index (χ2v) is 5.73. The van der Waals surface area contributed by atoms with Gasteiger partial charge in [-0.15, -0.1) is 0 Å². The molecular formula is C17H20ClN3O. The molecule has 2 aromatic rings. The molecule has 1 aromatic heterocycles. The molecule has 0 saturated heterocycles. The van der Waals surface area contributed by atoms with Gasteiger partial charge in [0, 0.05) is 28.6 Å². The van der Waals surface area contributed by atoms with Gasteiger partial charge in [0.05, 0.1) is 0 Å². The molecule has 2 rings (SSSR count). The number of pyridine rings is 1. The van der Waals surface area contributed by atoms with Crippen LogP contribution in [0.3, 0.4) is 0 Å². The molecule has 1 unspecified atom stereocenters. The van der Waals surface area contributed by atoms with Crippen molar-refractivity contribution >= 4 is 28.9 Å². The molecule has 1 amide bonds. The summed E-state index contributed by atoms with van der Waals surface area (Å²) in [6.07, 6.45) is 2.50. The summed E-state index contributed by atoms with van der Waals surface area (Å²) in [5.41, 5.74) is 3.18. The molecule has 0 bridgehead atoms. The summed E-state index contributed by atoms with van der Waals surface area (Å²) in [5, 5.41) is 6.84. The predicted molar refractivity (Wildman–Crippen MR) is 90.9 cm³/mol. The Kier molecular flexibility index (Phi) is 5.39. The summed E-state index contributed by atoms with van der Waals surface area (Å²) < 4.78 is 0. The largest absolute Gasteiger partial charge is 0.355 e. The Hall–Kier alpha value is -2.07. The Morgan fingerprint density at radius 3 is 2.82 bits per heavy atom. The quantitative estimate of drug-likeness (QED) is 0.863. The average Bonchev–Trinajstić information content (AvgIpc) is 2.51. The van der Waals surface area contributed by atoms with Crippen LogP contribution in [0.15, 0.2) is 36.5 Å². The van der Waals surface area contributed by atoms with Crippen LogP contribution in [0, 0.1) is 6.92 Å².